The van der Waals surface area contributed by atoms with E-state index in [-0.39, 0.29) is 5.56 Å². The van der Waals surface area contributed by atoms with Crippen LogP contribution >= 0.6 is 0 Å². The second-order valence-corrected chi connectivity index (χ2v) is 3.70. The molecule has 0 unspecified atom stereocenters. The molecule has 3 nitrogen and oxygen atoms in total. The van der Waals surface area contributed by atoms with E-state index in [1.807, 2.05) is 37.3 Å². The molecule has 0 aliphatic carbocycles. The molecule has 0 aromatic heterocycles. The number of nitrogens with two attached hydrogens (primary N) is 1. The van der Waals surface area contributed by atoms with E-state index < -0.39 is 5.97 Å². The van der Waals surface area contributed by atoms with Crippen LogP contribution in [0.5, 0.6) is 0 Å². The molecule has 0 atom stereocenters. The van der Waals surface area contributed by atoms with Gasteiger partial charge in [-0.25, -0.2) is 4.79 Å². The van der Waals surface area contributed by atoms with Gasteiger partial charge in [0.2, 0.25) is 0 Å². The van der Waals surface area contributed by atoms with E-state index in [0.717, 1.165) is 16.3 Å². The van der Waals surface area contributed by atoms with Crippen LogP contribution in [0.4, 0.5) is 5.69 Å². The van der Waals surface area contributed by atoms with Crippen LogP contribution in [-0.4, -0.2) is 11.1 Å². The van der Waals surface area contributed by atoms with Crippen molar-refractivity contribution >= 4 is 22.4 Å². The maximum Gasteiger partial charge on any atom is 0.338 e. The number of benzene rings is 2. The third-order valence-electron chi connectivity index (χ3n) is 2.77. The Morgan fingerprint density at radius 1 is 1.38 bits per heavy atom. The first-order chi connectivity index (χ1) is 7.65. The van der Waals surface area contributed by atoms with Crippen molar-refractivity contribution in [3.8, 4) is 0 Å². The molecule has 0 aliphatic heterocycles. The van der Waals surface area contributed by atoms with Gasteiger partial charge in [0.25, 0.3) is 0 Å². The molecular formula is C13H13NO2. The van der Waals surface area contributed by atoms with E-state index in [1.54, 1.807) is 0 Å². The molecule has 2 rings (SSSR count). The van der Waals surface area contributed by atoms with E-state index >= 15 is 0 Å². The molecule has 2 aromatic carbocycles. The lowest BCUT2D eigenvalue weighted by Crippen LogP contribution is -2.07. The predicted octanol–water partition coefficient (Wildman–Crippen LogP) is 2.68. The molecule has 0 saturated carbocycles. The molecule has 3 N–H and O–H groups in total. The van der Waals surface area contributed by atoms with Gasteiger partial charge in [-0.05, 0) is 17.4 Å². The Balaban J connectivity index is 2.87. The highest BCUT2D eigenvalue weighted by Gasteiger charge is 2.15. The number of aryl methyl sites for hydroxylation is 1. The first-order valence-electron chi connectivity index (χ1n) is 5.18. The molecule has 82 valence electrons. The summed E-state index contributed by atoms with van der Waals surface area (Å²) in [7, 11) is 0. The van der Waals surface area contributed by atoms with Gasteiger partial charge in [-0.2, -0.15) is 0 Å². The number of hydrogen-bond acceptors (Lipinski definition) is 2. The fraction of sp³-hybridized carbons (Fsp3) is 0.154. The predicted molar refractivity (Wildman–Crippen MR) is 64.7 cm³/mol. The van der Waals surface area contributed by atoms with Gasteiger partial charge in [0.15, 0.2) is 0 Å². The summed E-state index contributed by atoms with van der Waals surface area (Å²) in [4.78, 5) is 11.2. The Morgan fingerprint density at radius 3 is 2.69 bits per heavy atom. The van der Waals surface area contributed by atoms with E-state index in [9.17, 15) is 4.79 Å². The van der Waals surface area contributed by atoms with Crippen LogP contribution in [0.15, 0.2) is 30.3 Å². The third kappa shape index (κ3) is 1.50. The summed E-state index contributed by atoms with van der Waals surface area (Å²) in [5.41, 5.74) is 7.30. The Morgan fingerprint density at radius 2 is 2.06 bits per heavy atom. The Bertz CT molecular complexity index is 561. The van der Waals surface area contributed by atoms with E-state index in [1.165, 1.54) is 0 Å². The van der Waals surface area contributed by atoms with Crippen LogP contribution < -0.4 is 5.73 Å². The lowest BCUT2D eigenvalue weighted by atomic mass is 9.97. The Labute approximate surface area is 93.5 Å². The monoisotopic (exact) mass is 215 g/mol. The summed E-state index contributed by atoms with van der Waals surface area (Å²) in [5.74, 6) is -0.958. The highest BCUT2D eigenvalue weighted by Crippen LogP contribution is 2.28. The summed E-state index contributed by atoms with van der Waals surface area (Å²) in [6.07, 6.45) is 0.663. The van der Waals surface area contributed by atoms with Gasteiger partial charge in [0, 0.05) is 5.39 Å². The first-order valence-corrected chi connectivity index (χ1v) is 5.18. The molecule has 0 saturated heterocycles. The molecule has 3 heteroatoms. The second-order valence-electron chi connectivity index (χ2n) is 3.70. The number of aromatic carboxylic acids is 1. The highest BCUT2D eigenvalue weighted by molar-refractivity contribution is 6.06. The fourth-order valence-corrected chi connectivity index (χ4v) is 1.97. The van der Waals surface area contributed by atoms with Crippen LogP contribution in [0.3, 0.4) is 0 Å². The summed E-state index contributed by atoms with van der Waals surface area (Å²) in [6.45, 7) is 1.93. The lowest BCUT2D eigenvalue weighted by Gasteiger charge is -2.10. The molecule has 2 aromatic rings. The third-order valence-corrected chi connectivity index (χ3v) is 2.77. The van der Waals surface area contributed by atoms with Crippen molar-refractivity contribution in [3.05, 3.63) is 41.5 Å². The van der Waals surface area contributed by atoms with E-state index in [0.29, 0.717) is 12.1 Å². The van der Waals surface area contributed by atoms with E-state index in [2.05, 4.69) is 0 Å². The molecule has 0 bridgehead atoms. The number of carboxylic acids is 1. The number of rotatable bonds is 2. The summed E-state index contributed by atoms with van der Waals surface area (Å²) >= 11 is 0. The highest BCUT2D eigenvalue weighted by atomic mass is 16.4. The van der Waals surface area contributed by atoms with Crippen LogP contribution in [0.1, 0.15) is 22.8 Å². The van der Waals surface area contributed by atoms with Crippen LogP contribution in [0.2, 0.25) is 0 Å². The minimum Gasteiger partial charge on any atom is -0.478 e. The van der Waals surface area contributed by atoms with Crippen molar-refractivity contribution in [2.45, 2.75) is 13.3 Å². The minimum atomic E-state index is -0.958. The zero-order valence-electron chi connectivity index (χ0n) is 9.03. The zero-order chi connectivity index (χ0) is 11.7. The molecule has 0 spiro atoms. The molecular weight excluding hydrogens is 202 g/mol. The van der Waals surface area contributed by atoms with Gasteiger partial charge in [-0.3, -0.25) is 0 Å². The molecule has 0 amide bonds. The molecule has 16 heavy (non-hydrogen) atoms. The maximum atomic E-state index is 11.2. The van der Waals surface area contributed by atoms with Gasteiger partial charge >= 0.3 is 5.97 Å². The van der Waals surface area contributed by atoms with Crippen molar-refractivity contribution in [2.75, 3.05) is 5.73 Å². The van der Waals surface area contributed by atoms with Gasteiger partial charge in [-0.1, -0.05) is 37.3 Å². The molecule has 0 heterocycles. The largest absolute Gasteiger partial charge is 0.478 e. The number of anilines is 1. The van der Waals surface area contributed by atoms with E-state index in [4.69, 9.17) is 10.8 Å². The van der Waals surface area contributed by atoms with Gasteiger partial charge in [0.1, 0.15) is 0 Å². The van der Waals surface area contributed by atoms with Crippen molar-refractivity contribution in [1.29, 1.82) is 0 Å². The number of nitrogen functional groups attached to an aromatic ring is 1. The van der Waals surface area contributed by atoms with Crippen molar-refractivity contribution in [2.24, 2.45) is 0 Å². The zero-order valence-corrected chi connectivity index (χ0v) is 9.03. The number of carbonyl (C=O) groups is 1. The lowest BCUT2D eigenvalue weighted by molar-refractivity contribution is 0.0697. The van der Waals surface area contributed by atoms with Crippen LogP contribution in [0, 0.1) is 0 Å². The number of hydrogen-bond donors (Lipinski definition) is 2. The normalized spacial score (nSPS) is 10.6. The van der Waals surface area contributed by atoms with Gasteiger partial charge in [0.05, 0.1) is 11.3 Å². The Kier molecular flexibility index (Phi) is 2.52. The first kappa shape index (κ1) is 10.5. The molecule has 0 aliphatic rings. The van der Waals surface area contributed by atoms with Crippen LogP contribution in [-0.2, 0) is 6.42 Å². The summed E-state index contributed by atoms with van der Waals surface area (Å²) in [6, 6.07) is 9.46. The van der Waals surface area contributed by atoms with Gasteiger partial charge in [-0.15, -0.1) is 0 Å². The smallest absolute Gasteiger partial charge is 0.338 e. The topological polar surface area (TPSA) is 63.3 Å². The van der Waals surface area contributed by atoms with Crippen molar-refractivity contribution in [1.82, 2.24) is 0 Å². The van der Waals surface area contributed by atoms with Crippen LogP contribution in [0.25, 0.3) is 10.8 Å². The SMILES string of the molecule is CCc1cc2ccccc2c(N)c1C(=O)O. The molecule has 0 fully saturated rings. The number of carboxylic acid groups (broad SMARTS) is 1. The summed E-state index contributed by atoms with van der Waals surface area (Å²) < 4.78 is 0. The quantitative estimate of drug-likeness (QED) is 0.757. The van der Waals surface area contributed by atoms with Gasteiger partial charge < -0.3 is 10.8 Å². The maximum absolute atomic E-state index is 11.2. The average Bonchev–Trinajstić information content (AvgIpc) is 2.28. The second kappa shape index (κ2) is 3.85. The van der Waals surface area contributed by atoms with Crippen molar-refractivity contribution in [3.63, 3.8) is 0 Å². The number of fused-ring (bicyclic) bond motifs is 1. The minimum absolute atomic E-state index is 0.237. The summed E-state index contributed by atoms with van der Waals surface area (Å²) in [5, 5.41) is 10.9. The average molecular weight is 215 g/mol. The standard InChI is InChI=1S/C13H13NO2/c1-2-8-7-9-5-3-4-6-10(9)12(14)11(8)13(15)16/h3-7H,2,14H2,1H3,(H,15,16). The van der Waals surface area contributed by atoms with Crippen molar-refractivity contribution < 1.29 is 9.90 Å². The molecule has 0 radical (unpaired) electrons. The Hall–Kier alpha value is -2.03. The fourth-order valence-electron chi connectivity index (χ4n) is 1.97.